The SMILES string of the molecule is Cc1c(C(=O)Nc2ccc(F)c(F)c2F)sc2ncn(Cc3ccccc3)c(=O)c12. The van der Waals surface area contributed by atoms with E-state index in [0.29, 0.717) is 16.9 Å². The van der Waals surface area contributed by atoms with E-state index in [-0.39, 0.29) is 15.8 Å². The molecule has 1 N–H and O–H groups in total. The third-order valence-corrected chi connectivity index (χ3v) is 5.80. The average Bonchev–Trinajstić information content (AvgIpc) is 3.08. The van der Waals surface area contributed by atoms with E-state index >= 15 is 0 Å². The van der Waals surface area contributed by atoms with Crippen molar-refractivity contribution in [2.45, 2.75) is 13.5 Å². The van der Waals surface area contributed by atoms with Crippen LogP contribution in [-0.4, -0.2) is 15.5 Å². The number of hydrogen-bond acceptors (Lipinski definition) is 4. The Morgan fingerprint density at radius 3 is 2.57 bits per heavy atom. The van der Waals surface area contributed by atoms with Crippen molar-refractivity contribution in [2.75, 3.05) is 5.32 Å². The first kappa shape index (κ1) is 19.8. The van der Waals surface area contributed by atoms with E-state index in [9.17, 15) is 22.8 Å². The van der Waals surface area contributed by atoms with Crippen LogP contribution in [0.3, 0.4) is 0 Å². The van der Waals surface area contributed by atoms with Crippen LogP contribution in [0.1, 0.15) is 20.8 Å². The highest BCUT2D eigenvalue weighted by atomic mass is 32.1. The Morgan fingerprint density at radius 2 is 1.83 bits per heavy atom. The molecule has 30 heavy (non-hydrogen) atoms. The number of rotatable bonds is 4. The number of benzene rings is 2. The summed E-state index contributed by atoms with van der Waals surface area (Å²) >= 11 is 0.967. The third-order valence-electron chi connectivity index (χ3n) is 4.60. The van der Waals surface area contributed by atoms with E-state index in [2.05, 4.69) is 10.3 Å². The van der Waals surface area contributed by atoms with Crippen LogP contribution in [0.2, 0.25) is 0 Å². The van der Waals surface area contributed by atoms with Crippen LogP contribution < -0.4 is 10.9 Å². The highest BCUT2D eigenvalue weighted by molar-refractivity contribution is 7.20. The molecule has 0 aliphatic rings. The lowest BCUT2D eigenvalue weighted by atomic mass is 10.2. The number of anilines is 1. The fraction of sp³-hybridized carbons (Fsp3) is 0.0952. The van der Waals surface area contributed by atoms with Crippen LogP contribution in [0, 0.1) is 24.4 Å². The summed E-state index contributed by atoms with van der Waals surface area (Å²) in [5.74, 6) is -5.27. The van der Waals surface area contributed by atoms with Gasteiger partial charge in [0.2, 0.25) is 0 Å². The number of nitrogens with zero attached hydrogens (tertiary/aromatic N) is 2. The summed E-state index contributed by atoms with van der Waals surface area (Å²) in [6, 6.07) is 11.0. The second-order valence-corrected chi connectivity index (χ2v) is 7.58. The average molecular weight is 429 g/mol. The molecule has 0 unspecified atom stereocenters. The third kappa shape index (κ3) is 3.48. The highest BCUT2D eigenvalue weighted by Crippen LogP contribution is 2.28. The Balaban J connectivity index is 1.70. The molecule has 0 atom stereocenters. The largest absolute Gasteiger partial charge is 0.319 e. The molecular formula is C21H14F3N3O2S. The second-order valence-electron chi connectivity index (χ2n) is 6.58. The number of aryl methyl sites for hydroxylation is 1. The molecule has 1 amide bonds. The van der Waals surface area contributed by atoms with Crippen LogP contribution in [-0.2, 0) is 6.54 Å². The fourth-order valence-electron chi connectivity index (χ4n) is 3.07. The van der Waals surface area contributed by atoms with Crippen LogP contribution in [0.5, 0.6) is 0 Å². The van der Waals surface area contributed by atoms with Gasteiger partial charge in [-0.3, -0.25) is 14.2 Å². The molecule has 0 bridgehead atoms. The van der Waals surface area contributed by atoms with Gasteiger partial charge in [-0.1, -0.05) is 30.3 Å². The number of carbonyl (C=O) groups excluding carboxylic acids is 1. The zero-order valence-corrected chi connectivity index (χ0v) is 16.4. The molecule has 0 aliphatic carbocycles. The quantitative estimate of drug-likeness (QED) is 0.487. The molecular weight excluding hydrogens is 415 g/mol. The molecule has 0 saturated carbocycles. The number of carbonyl (C=O) groups is 1. The minimum atomic E-state index is -1.67. The van der Waals surface area contributed by atoms with Gasteiger partial charge >= 0.3 is 0 Å². The van der Waals surface area contributed by atoms with Crippen LogP contribution in [0.15, 0.2) is 53.6 Å². The minimum absolute atomic E-state index is 0.135. The number of hydrogen-bond donors (Lipinski definition) is 1. The maximum absolute atomic E-state index is 13.9. The van der Waals surface area contributed by atoms with E-state index in [0.717, 1.165) is 29.0 Å². The topological polar surface area (TPSA) is 64.0 Å². The maximum Gasteiger partial charge on any atom is 0.266 e. The number of amides is 1. The Morgan fingerprint density at radius 1 is 1.10 bits per heavy atom. The predicted molar refractivity (Wildman–Crippen MR) is 108 cm³/mol. The van der Waals surface area contributed by atoms with Crippen molar-refractivity contribution >= 4 is 33.1 Å². The van der Waals surface area contributed by atoms with Gasteiger partial charge in [0.1, 0.15) is 4.83 Å². The molecule has 0 aliphatic heterocycles. The smallest absolute Gasteiger partial charge is 0.266 e. The summed E-state index contributed by atoms with van der Waals surface area (Å²) < 4.78 is 41.8. The van der Waals surface area contributed by atoms with Gasteiger partial charge < -0.3 is 5.32 Å². The summed E-state index contributed by atoms with van der Waals surface area (Å²) in [4.78, 5) is 30.3. The Hall–Kier alpha value is -3.46. The lowest BCUT2D eigenvalue weighted by Gasteiger charge is -2.07. The lowest BCUT2D eigenvalue weighted by molar-refractivity contribution is 0.102. The first-order valence-electron chi connectivity index (χ1n) is 8.84. The van der Waals surface area contributed by atoms with Crippen LogP contribution in [0.4, 0.5) is 18.9 Å². The van der Waals surface area contributed by atoms with Crippen LogP contribution in [0.25, 0.3) is 10.2 Å². The second kappa shape index (κ2) is 7.75. The first-order valence-corrected chi connectivity index (χ1v) is 9.65. The van der Waals surface area contributed by atoms with E-state index in [1.807, 2.05) is 30.3 Å². The molecule has 4 aromatic rings. The summed E-state index contributed by atoms with van der Waals surface area (Å²) in [6.07, 6.45) is 1.41. The summed E-state index contributed by atoms with van der Waals surface area (Å²) in [5.41, 5.74) is 0.497. The van der Waals surface area contributed by atoms with Gasteiger partial charge in [-0.2, -0.15) is 0 Å². The summed E-state index contributed by atoms with van der Waals surface area (Å²) in [7, 11) is 0. The molecule has 0 spiro atoms. The maximum atomic E-state index is 13.9. The molecule has 5 nitrogen and oxygen atoms in total. The van der Waals surface area contributed by atoms with Gasteiger partial charge in [-0.15, -0.1) is 11.3 Å². The molecule has 4 rings (SSSR count). The molecule has 2 aromatic heterocycles. The Kier molecular flexibility index (Phi) is 5.13. The molecule has 2 aromatic carbocycles. The lowest BCUT2D eigenvalue weighted by Crippen LogP contribution is -2.21. The van der Waals surface area contributed by atoms with Crippen molar-refractivity contribution in [1.82, 2.24) is 9.55 Å². The van der Waals surface area contributed by atoms with Gasteiger partial charge in [0.05, 0.1) is 28.8 Å². The number of fused-ring (bicyclic) bond motifs is 1. The van der Waals surface area contributed by atoms with E-state index in [1.54, 1.807) is 6.92 Å². The fourth-order valence-corrected chi connectivity index (χ4v) is 4.10. The molecule has 0 fully saturated rings. The van der Waals surface area contributed by atoms with Gasteiger partial charge in [-0.25, -0.2) is 18.2 Å². The van der Waals surface area contributed by atoms with Crippen molar-refractivity contribution in [2.24, 2.45) is 0 Å². The van der Waals surface area contributed by atoms with Gasteiger partial charge in [0.25, 0.3) is 11.5 Å². The zero-order valence-electron chi connectivity index (χ0n) is 15.6. The molecule has 0 saturated heterocycles. The van der Waals surface area contributed by atoms with E-state index in [4.69, 9.17) is 0 Å². The number of thiophene rings is 1. The zero-order chi connectivity index (χ0) is 21.4. The summed E-state index contributed by atoms with van der Waals surface area (Å²) in [6.45, 7) is 1.91. The number of halogens is 3. The molecule has 0 radical (unpaired) electrons. The van der Waals surface area contributed by atoms with E-state index in [1.165, 1.54) is 10.9 Å². The van der Waals surface area contributed by atoms with Crippen molar-refractivity contribution in [3.63, 3.8) is 0 Å². The van der Waals surface area contributed by atoms with Crippen molar-refractivity contribution in [3.05, 3.63) is 92.6 Å². The Bertz CT molecular complexity index is 1330. The van der Waals surface area contributed by atoms with Crippen molar-refractivity contribution < 1.29 is 18.0 Å². The Labute approximate surface area is 172 Å². The highest BCUT2D eigenvalue weighted by Gasteiger charge is 2.22. The number of aromatic nitrogens is 2. The minimum Gasteiger partial charge on any atom is -0.319 e. The normalized spacial score (nSPS) is 11.1. The van der Waals surface area contributed by atoms with Gasteiger partial charge in [0.15, 0.2) is 17.5 Å². The van der Waals surface area contributed by atoms with Gasteiger partial charge in [0, 0.05) is 0 Å². The van der Waals surface area contributed by atoms with Gasteiger partial charge in [-0.05, 0) is 30.2 Å². The molecule has 152 valence electrons. The molecule has 9 heteroatoms. The number of nitrogens with one attached hydrogen (secondary N) is 1. The standard InChI is InChI=1S/C21H14F3N3O2S/c1-11-15-20(25-10-27(21(15)29)9-12-5-3-2-4-6-12)30-18(11)19(28)26-14-8-7-13(22)16(23)17(14)24/h2-8,10H,9H2,1H3,(H,26,28). The van der Waals surface area contributed by atoms with Crippen molar-refractivity contribution in [1.29, 1.82) is 0 Å². The van der Waals surface area contributed by atoms with E-state index < -0.39 is 29.0 Å². The first-order chi connectivity index (χ1) is 14.4. The predicted octanol–water partition coefficient (Wildman–Crippen LogP) is 4.48. The van der Waals surface area contributed by atoms with Crippen molar-refractivity contribution in [3.8, 4) is 0 Å². The summed E-state index contributed by atoms with van der Waals surface area (Å²) in [5, 5.41) is 2.51. The monoisotopic (exact) mass is 429 g/mol. The molecule has 2 heterocycles. The van der Waals surface area contributed by atoms with Crippen LogP contribution >= 0.6 is 11.3 Å².